The van der Waals surface area contributed by atoms with Crippen LogP contribution in [0.1, 0.15) is 49.2 Å². The van der Waals surface area contributed by atoms with Crippen molar-refractivity contribution >= 4 is 53.1 Å². The normalized spacial score (nSPS) is 11.4. The van der Waals surface area contributed by atoms with Crippen LogP contribution in [0, 0.1) is 0 Å². The minimum Gasteiger partial charge on any atom is -0.496 e. The Balaban J connectivity index is 0.000000413. The van der Waals surface area contributed by atoms with Crippen LogP contribution in [0.2, 0.25) is 0 Å². The van der Waals surface area contributed by atoms with Crippen LogP contribution >= 0.6 is 0 Å². The predicted octanol–water partition coefficient (Wildman–Crippen LogP) is 3.48. The summed E-state index contributed by atoms with van der Waals surface area (Å²) in [6.45, 7) is 6.75. The highest BCUT2D eigenvalue weighted by atomic mass is 16.6. The lowest BCUT2D eigenvalue weighted by atomic mass is 10.0. The van der Waals surface area contributed by atoms with Crippen molar-refractivity contribution in [3.63, 3.8) is 0 Å². The fourth-order valence-corrected chi connectivity index (χ4v) is 4.75. The van der Waals surface area contributed by atoms with Gasteiger partial charge in [0.2, 0.25) is 0 Å². The lowest BCUT2D eigenvalue weighted by Crippen LogP contribution is -2.44. The molecule has 0 spiro atoms. The maximum atomic E-state index is 12.6. The molecule has 298 valence electrons. The third kappa shape index (κ3) is 15.4. The van der Waals surface area contributed by atoms with Crippen molar-refractivity contribution in [2.24, 2.45) is 16.5 Å². The first kappa shape index (κ1) is 44.4. The van der Waals surface area contributed by atoms with E-state index >= 15 is 0 Å². The second-order valence-corrected chi connectivity index (χ2v) is 12.2. The molecule has 18 nitrogen and oxygen atoms in total. The van der Waals surface area contributed by atoms with Crippen molar-refractivity contribution in [1.29, 1.82) is 0 Å². The van der Waals surface area contributed by atoms with Gasteiger partial charge in [0.25, 0.3) is 5.91 Å². The lowest BCUT2D eigenvalue weighted by molar-refractivity contribution is -0.143. The molecule has 0 aliphatic carbocycles. The lowest BCUT2D eigenvalue weighted by Gasteiger charge is -2.19. The third-order valence-corrected chi connectivity index (χ3v) is 7.12. The molecule has 0 fully saturated rings. The number of nitrogens with one attached hydrogen (secondary N) is 3. The maximum absolute atomic E-state index is 12.6. The molecule has 10 N–H and O–H groups in total. The number of methoxy groups -OCH3 is 3. The Labute approximate surface area is 318 Å². The minimum absolute atomic E-state index is 0.0551. The number of nitrogens with zero attached hydrogens (tertiary/aromatic N) is 1. The molecule has 3 rings (SSSR count). The highest BCUT2D eigenvalue weighted by molar-refractivity contribution is 6.05. The molecule has 3 aromatic carbocycles. The SMILES string of the molecule is COC(=O)C(Cc1ccc(N)cc1OC)NC(=O)OC(C)C.COc1cc(NC(=O)c2cccc(N=C(N)N)c2)ccc1CC(NC(=O)OC(C)C)C(=O)O. The molecule has 0 heterocycles. The Morgan fingerprint density at radius 3 is 1.82 bits per heavy atom. The van der Waals surface area contributed by atoms with Crippen LogP contribution < -0.4 is 42.6 Å². The van der Waals surface area contributed by atoms with E-state index in [0.29, 0.717) is 39.7 Å². The van der Waals surface area contributed by atoms with E-state index in [-0.39, 0.29) is 24.9 Å². The van der Waals surface area contributed by atoms with Crippen molar-refractivity contribution in [2.75, 3.05) is 32.4 Å². The number of nitrogen functional groups attached to an aromatic ring is 1. The average Bonchev–Trinajstić information content (AvgIpc) is 3.11. The standard InChI is InChI=1S/C22H27N5O6.C15H22N2O5/c1-12(2)33-22(31)27-17(20(29)30)10-13-7-8-16(11-18(13)32-3)25-19(28)14-5-4-6-15(9-14)26-21(23)24;1-9(2)22-15(19)17-12(14(18)21-4)7-10-5-6-11(16)8-13(10)20-3/h4-9,11-12,17H,10H2,1-3H3,(H,25,28)(H,27,31)(H,29,30)(H4,23,24,26);5-6,8-9,12H,7,16H2,1-4H3,(H,17,19). The van der Waals surface area contributed by atoms with Crippen LogP contribution in [-0.4, -0.2) is 86.7 Å². The predicted molar refractivity (Wildman–Crippen MR) is 204 cm³/mol. The number of carbonyl (C=O) groups excluding carboxylic acids is 4. The van der Waals surface area contributed by atoms with E-state index in [2.05, 4.69) is 20.9 Å². The molecular weight excluding hydrogens is 718 g/mol. The number of hydrogen-bond donors (Lipinski definition) is 7. The summed E-state index contributed by atoms with van der Waals surface area (Å²) in [4.78, 5) is 63.5. The number of carboxylic acids is 1. The van der Waals surface area contributed by atoms with E-state index in [4.69, 9.17) is 40.9 Å². The first-order valence-corrected chi connectivity index (χ1v) is 16.8. The van der Waals surface area contributed by atoms with Gasteiger partial charge in [-0.25, -0.2) is 24.2 Å². The van der Waals surface area contributed by atoms with Gasteiger partial charge < -0.3 is 61.9 Å². The van der Waals surface area contributed by atoms with Crippen LogP contribution in [-0.2, 0) is 36.6 Å². The number of guanidine groups is 1. The molecule has 0 saturated heterocycles. The van der Waals surface area contributed by atoms with Crippen molar-refractivity contribution in [2.45, 2.75) is 64.8 Å². The van der Waals surface area contributed by atoms with Gasteiger partial charge in [0.15, 0.2) is 5.96 Å². The fourth-order valence-electron chi connectivity index (χ4n) is 4.75. The summed E-state index contributed by atoms with van der Waals surface area (Å²) in [5, 5.41) is 17.0. The molecule has 3 amide bonds. The summed E-state index contributed by atoms with van der Waals surface area (Å²) >= 11 is 0. The number of anilines is 2. The quantitative estimate of drug-likeness (QED) is 0.0384. The monoisotopic (exact) mass is 767 g/mol. The zero-order valence-corrected chi connectivity index (χ0v) is 31.7. The average molecular weight is 768 g/mol. The molecule has 18 heteroatoms. The Morgan fingerprint density at radius 2 is 1.29 bits per heavy atom. The smallest absolute Gasteiger partial charge is 0.408 e. The highest BCUT2D eigenvalue weighted by Crippen LogP contribution is 2.26. The van der Waals surface area contributed by atoms with Crippen LogP contribution in [0.5, 0.6) is 11.5 Å². The van der Waals surface area contributed by atoms with Gasteiger partial charge in [0.1, 0.15) is 23.6 Å². The first-order chi connectivity index (χ1) is 25.9. The number of nitrogens with two attached hydrogens (primary N) is 3. The van der Waals surface area contributed by atoms with Gasteiger partial charge in [0, 0.05) is 41.9 Å². The van der Waals surface area contributed by atoms with E-state index in [0.717, 1.165) is 5.56 Å². The molecular formula is C37H49N7O11. The van der Waals surface area contributed by atoms with E-state index in [9.17, 15) is 29.1 Å². The first-order valence-electron chi connectivity index (χ1n) is 16.8. The Bertz CT molecular complexity index is 1830. The van der Waals surface area contributed by atoms with Crippen molar-refractivity contribution < 1.29 is 52.8 Å². The van der Waals surface area contributed by atoms with Gasteiger partial charge in [-0.3, -0.25) is 4.79 Å². The molecule has 0 aromatic heterocycles. The molecule has 55 heavy (non-hydrogen) atoms. The van der Waals surface area contributed by atoms with E-state index in [1.54, 1.807) is 82.3 Å². The van der Waals surface area contributed by atoms with Crippen molar-refractivity contribution in [1.82, 2.24) is 10.6 Å². The van der Waals surface area contributed by atoms with Gasteiger partial charge in [0.05, 0.1) is 39.2 Å². The van der Waals surface area contributed by atoms with Crippen molar-refractivity contribution in [3.8, 4) is 11.5 Å². The van der Waals surface area contributed by atoms with Crippen LogP contribution in [0.25, 0.3) is 0 Å². The maximum Gasteiger partial charge on any atom is 0.408 e. The number of esters is 1. The number of hydrogen-bond acceptors (Lipinski definition) is 12. The Kier molecular flexibility index (Phi) is 17.6. The third-order valence-electron chi connectivity index (χ3n) is 7.12. The van der Waals surface area contributed by atoms with Crippen LogP contribution in [0.15, 0.2) is 65.7 Å². The van der Waals surface area contributed by atoms with Gasteiger partial charge in [-0.15, -0.1) is 0 Å². The number of amides is 3. The summed E-state index contributed by atoms with van der Waals surface area (Å²) in [6, 6.07) is 14.1. The summed E-state index contributed by atoms with van der Waals surface area (Å²) in [5.41, 5.74) is 19.4. The van der Waals surface area contributed by atoms with E-state index < -0.39 is 48.2 Å². The van der Waals surface area contributed by atoms with Gasteiger partial charge in [-0.05, 0) is 69.2 Å². The highest BCUT2D eigenvalue weighted by Gasteiger charge is 2.25. The van der Waals surface area contributed by atoms with Gasteiger partial charge in [-0.1, -0.05) is 18.2 Å². The topological polar surface area (TPSA) is 278 Å². The van der Waals surface area contributed by atoms with E-state index in [1.165, 1.54) is 27.4 Å². The molecule has 2 unspecified atom stereocenters. The largest absolute Gasteiger partial charge is 0.496 e. The van der Waals surface area contributed by atoms with Gasteiger partial charge >= 0.3 is 24.1 Å². The van der Waals surface area contributed by atoms with Crippen LogP contribution in [0.4, 0.5) is 26.7 Å². The molecule has 3 aromatic rings. The number of carboxylic acid groups (broad SMARTS) is 1. The number of aliphatic imine (C=N–C) groups is 1. The number of alkyl carbamates (subject to hydrolysis) is 2. The zero-order chi connectivity index (χ0) is 41.2. The number of rotatable bonds is 15. The van der Waals surface area contributed by atoms with Crippen molar-refractivity contribution in [3.05, 3.63) is 77.4 Å². The molecule has 0 radical (unpaired) electrons. The molecule has 0 bridgehead atoms. The summed E-state index contributed by atoms with van der Waals surface area (Å²) < 4.78 is 25.2. The summed E-state index contributed by atoms with van der Waals surface area (Å²) in [7, 11) is 4.18. The van der Waals surface area contributed by atoms with Gasteiger partial charge in [-0.2, -0.15) is 0 Å². The van der Waals surface area contributed by atoms with Crippen LogP contribution in [0.3, 0.4) is 0 Å². The molecule has 2 atom stereocenters. The fraction of sp³-hybridized carbons (Fsp3) is 0.351. The summed E-state index contributed by atoms with van der Waals surface area (Å²) in [6.07, 6.45) is -2.05. The second-order valence-electron chi connectivity index (χ2n) is 12.2. The molecule has 0 aliphatic heterocycles. The Hall–Kier alpha value is -6.72. The number of aliphatic carboxylic acids is 1. The Morgan fingerprint density at radius 1 is 0.745 bits per heavy atom. The number of carbonyl (C=O) groups is 5. The summed E-state index contributed by atoms with van der Waals surface area (Å²) in [5.74, 6) is -1.45. The number of ether oxygens (including phenoxy) is 5. The molecule has 0 saturated carbocycles. The second kappa shape index (κ2) is 21.7. The molecule has 0 aliphatic rings. The minimum atomic E-state index is -1.23. The number of benzene rings is 3. The zero-order valence-electron chi connectivity index (χ0n) is 31.7. The van der Waals surface area contributed by atoms with E-state index in [1.807, 2.05) is 0 Å².